The lowest BCUT2D eigenvalue weighted by molar-refractivity contribution is 0.112. The third-order valence-electron chi connectivity index (χ3n) is 3.94. The predicted octanol–water partition coefficient (Wildman–Crippen LogP) is 4.57. The molecule has 2 heteroatoms. The van der Waals surface area contributed by atoms with E-state index >= 15 is 0 Å². The highest BCUT2D eigenvalue weighted by molar-refractivity contribution is 5.88. The molecule has 0 saturated heterocycles. The maximum atomic E-state index is 13.5. The van der Waals surface area contributed by atoms with E-state index in [0.717, 1.165) is 11.8 Å². The summed E-state index contributed by atoms with van der Waals surface area (Å²) < 4.78 is 13.5. The lowest BCUT2D eigenvalue weighted by atomic mass is 9.77. The standard InChI is InChI=1S/C17H15FO/c18-14-9-8-13(11-19)17(10-14)16-7-2-1-6-15(16)12-4-3-5-12/h1-2,6-12H,3-5H2. The van der Waals surface area contributed by atoms with Gasteiger partial charge in [-0.3, -0.25) is 4.79 Å². The maximum Gasteiger partial charge on any atom is 0.150 e. The smallest absolute Gasteiger partial charge is 0.150 e. The fraction of sp³-hybridized carbons (Fsp3) is 0.235. The third-order valence-corrected chi connectivity index (χ3v) is 3.94. The van der Waals surface area contributed by atoms with E-state index in [4.69, 9.17) is 0 Å². The second-order valence-corrected chi connectivity index (χ2v) is 5.06. The number of hydrogen-bond donors (Lipinski definition) is 0. The van der Waals surface area contributed by atoms with Gasteiger partial charge in [0.1, 0.15) is 5.82 Å². The van der Waals surface area contributed by atoms with E-state index in [9.17, 15) is 9.18 Å². The van der Waals surface area contributed by atoms with Crippen LogP contribution in [0.25, 0.3) is 11.1 Å². The quantitative estimate of drug-likeness (QED) is 0.733. The second kappa shape index (κ2) is 4.96. The van der Waals surface area contributed by atoms with E-state index in [1.54, 1.807) is 6.07 Å². The minimum Gasteiger partial charge on any atom is -0.298 e. The van der Waals surface area contributed by atoms with Gasteiger partial charge in [-0.25, -0.2) is 4.39 Å². The van der Waals surface area contributed by atoms with Crippen LogP contribution in [0.4, 0.5) is 4.39 Å². The van der Waals surface area contributed by atoms with Crippen molar-refractivity contribution in [3.63, 3.8) is 0 Å². The minimum atomic E-state index is -0.302. The molecule has 0 atom stereocenters. The molecule has 0 bridgehead atoms. The van der Waals surface area contributed by atoms with Gasteiger partial charge in [0.15, 0.2) is 6.29 Å². The number of benzene rings is 2. The lowest BCUT2D eigenvalue weighted by Crippen LogP contribution is -2.10. The Bertz CT molecular complexity index is 614. The van der Waals surface area contributed by atoms with Gasteiger partial charge in [0, 0.05) is 5.56 Å². The van der Waals surface area contributed by atoms with E-state index in [1.807, 2.05) is 18.2 Å². The average Bonchev–Trinajstić information content (AvgIpc) is 2.37. The van der Waals surface area contributed by atoms with E-state index in [2.05, 4.69) is 6.07 Å². The molecule has 1 aliphatic carbocycles. The average molecular weight is 254 g/mol. The zero-order valence-electron chi connectivity index (χ0n) is 10.6. The van der Waals surface area contributed by atoms with Gasteiger partial charge in [-0.15, -0.1) is 0 Å². The van der Waals surface area contributed by atoms with Crippen LogP contribution < -0.4 is 0 Å². The molecule has 1 aliphatic rings. The predicted molar refractivity (Wildman–Crippen MR) is 73.8 cm³/mol. The van der Waals surface area contributed by atoms with Crippen molar-refractivity contribution in [3.8, 4) is 11.1 Å². The Morgan fingerprint density at radius 2 is 1.84 bits per heavy atom. The Labute approximate surface area is 112 Å². The van der Waals surface area contributed by atoms with Gasteiger partial charge in [-0.2, -0.15) is 0 Å². The number of carbonyl (C=O) groups is 1. The largest absolute Gasteiger partial charge is 0.298 e. The van der Waals surface area contributed by atoms with Crippen LogP contribution in [0.1, 0.15) is 41.1 Å². The van der Waals surface area contributed by atoms with Crippen LogP contribution in [0, 0.1) is 5.82 Å². The Morgan fingerprint density at radius 1 is 1.05 bits per heavy atom. The maximum absolute atomic E-state index is 13.5. The van der Waals surface area contributed by atoms with Crippen LogP contribution in [-0.4, -0.2) is 6.29 Å². The number of carbonyl (C=O) groups excluding carboxylic acids is 1. The van der Waals surface area contributed by atoms with Gasteiger partial charge in [-0.05, 0) is 53.6 Å². The molecule has 2 aromatic rings. The molecular formula is C17H15FO. The molecule has 19 heavy (non-hydrogen) atoms. The molecule has 0 amide bonds. The van der Waals surface area contributed by atoms with Crippen molar-refractivity contribution in [3.05, 3.63) is 59.4 Å². The van der Waals surface area contributed by atoms with Gasteiger partial charge < -0.3 is 0 Å². The van der Waals surface area contributed by atoms with Crippen molar-refractivity contribution in [1.29, 1.82) is 0 Å². The van der Waals surface area contributed by atoms with E-state index in [1.165, 1.54) is 37.0 Å². The summed E-state index contributed by atoms with van der Waals surface area (Å²) in [6, 6.07) is 12.4. The Kier molecular flexibility index (Phi) is 3.16. The molecule has 0 unspecified atom stereocenters. The monoisotopic (exact) mass is 254 g/mol. The summed E-state index contributed by atoms with van der Waals surface area (Å²) in [5, 5.41) is 0. The second-order valence-electron chi connectivity index (χ2n) is 5.06. The molecule has 0 aromatic heterocycles. The third kappa shape index (κ3) is 2.19. The zero-order valence-corrected chi connectivity index (χ0v) is 10.6. The fourth-order valence-electron chi connectivity index (χ4n) is 2.68. The molecular weight excluding hydrogens is 239 g/mol. The van der Waals surface area contributed by atoms with Crippen LogP contribution in [-0.2, 0) is 0 Å². The zero-order chi connectivity index (χ0) is 13.2. The van der Waals surface area contributed by atoms with Crippen molar-refractivity contribution in [2.24, 2.45) is 0 Å². The summed E-state index contributed by atoms with van der Waals surface area (Å²) in [6.45, 7) is 0. The molecule has 0 N–H and O–H groups in total. The highest BCUT2D eigenvalue weighted by atomic mass is 19.1. The van der Waals surface area contributed by atoms with Crippen LogP contribution in [0.5, 0.6) is 0 Å². The minimum absolute atomic E-state index is 0.302. The first-order chi connectivity index (χ1) is 9.29. The highest BCUT2D eigenvalue weighted by Crippen LogP contribution is 2.41. The molecule has 96 valence electrons. The van der Waals surface area contributed by atoms with Crippen LogP contribution in [0.3, 0.4) is 0 Å². The molecule has 0 aliphatic heterocycles. The van der Waals surface area contributed by atoms with Crippen molar-refractivity contribution >= 4 is 6.29 Å². The van der Waals surface area contributed by atoms with Gasteiger partial charge in [0.25, 0.3) is 0 Å². The lowest BCUT2D eigenvalue weighted by Gasteiger charge is -2.28. The number of aldehydes is 1. The summed E-state index contributed by atoms with van der Waals surface area (Å²) >= 11 is 0. The van der Waals surface area contributed by atoms with Gasteiger partial charge >= 0.3 is 0 Å². The van der Waals surface area contributed by atoms with E-state index in [0.29, 0.717) is 17.0 Å². The van der Waals surface area contributed by atoms with Crippen molar-refractivity contribution in [2.45, 2.75) is 25.2 Å². The summed E-state index contributed by atoms with van der Waals surface area (Å²) in [7, 11) is 0. The van der Waals surface area contributed by atoms with E-state index < -0.39 is 0 Å². The fourth-order valence-corrected chi connectivity index (χ4v) is 2.68. The summed E-state index contributed by atoms with van der Waals surface area (Å²) in [5.74, 6) is 0.253. The van der Waals surface area contributed by atoms with Crippen LogP contribution >= 0.6 is 0 Å². The molecule has 1 saturated carbocycles. The van der Waals surface area contributed by atoms with Crippen molar-refractivity contribution in [2.75, 3.05) is 0 Å². The van der Waals surface area contributed by atoms with Gasteiger partial charge in [0.2, 0.25) is 0 Å². The number of rotatable bonds is 3. The Hall–Kier alpha value is -1.96. The van der Waals surface area contributed by atoms with Crippen LogP contribution in [0.2, 0.25) is 0 Å². The Morgan fingerprint density at radius 3 is 2.53 bits per heavy atom. The molecule has 1 nitrogen and oxygen atoms in total. The molecule has 0 spiro atoms. The molecule has 2 aromatic carbocycles. The normalized spacial score (nSPS) is 15.0. The van der Waals surface area contributed by atoms with Crippen LogP contribution in [0.15, 0.2) is 42.5 Å². The van der Waals surface area contributed by atoms with E-state index in [-0.39, 0.29) is 5.82 Å². The SMILES string of the molecule is O=Cc1ccc(F)cc1-c1ccccc1C1CCC1. The molecule has 3 rings (SSSR count). The summed E-state index contributed by atoms with van der Waals surface area (Å²) in [6.07, 6.45) is 4.42. The highest BCUT2D eigenvalue weighted by Gasteiger charge is 2.23. The van der Waals surface area contributed by atoms with Crippen molar-refractivity contribution < 1.29 is 9.18 Å². The first-order valence-corrected chi connectivity index (χ1v) is 6.63. The van der Waals surface area contributed by atoms with Crippen molar-refractivity contribution in [1.82, 2.24) is 0 Å². The van der Waals surface area contributed by atoms with Gasteiger partial charge in [-0.1, -0.05) is 30.7 Å². The molecule has 0 radical (unpaired) electrons. The number of halogens is 1. The summed E-state index contributed by atoms with van der Waals surface area (Å²) in [5.41, 5.74) is 3.49. The first-order valence-electron chi connectivity index (χ1n) is 6.63. The number of hydrogen-bond acceptors (Lipinski definition) is 1. The molecule has 0 heterocycles. The van der Waals surface area contributed by atoms with Gasteiger partial charge in [0.05, 0.1) is 0 Å². The first kappa shape index (κ1) is 12.1. The topological polar surface area (TPSA) is 17.1 Å². The Balaban J connectivity index is 2.16. The molecule has 1 fully saturated rings. The summed E-state index contributed by atoms with van der Waals surface area (Å²) in [4.78, 5) is 11.2.